The summed E-state index contributed by atoms with van der Waals surface area (Å²) in [5.74, 6) is -2.13. The van der Waals surface area contributed by atoms with Gasteiger partial charge in [-0.1, -0.05) is 0 Å². The highest BCUT2D eigenvalue weighted by atomic mass is 32.2. The van der Waals surface area contributed by atoms with Crippen LogP contribution in [0.15, 0.2) is 0 Å². The van der Waals surface area contributed by atoms with Crippen LogP contribution in [0.25, 0.3) is 0 Å². The van der Waals surface area contributed by atoms with Crippen LogP contribution in [0.5, 0.6) is 0 Å². The Morgan fingerprint density at radius 2 is 2.00 bits per heavy atom. The summed E-state index contributed by atoms with van der Waals surface area (Å²) in [7, 11) is -3.21. The Bertz CT molecular complexity index is 343. The van der Waals surface area contributed by atoms with E-state index in [1.165, 1.54) is 6.92 Å². The molecule has 0 bridgehead atoms. The molecule has 14 heavy (non-hydrogen) atoms. The lowest BCUT2D eigenvalue weighted by atomic mass is 9.85. The van der Waals surface area contributed by atoms with Crippen LogP contribution < -0.4 is 0 Å². The van der Waals surface area contributed by atoms with Crippen molar-refractivity contribution < 1.29 is 23.4 Å². The predicted molar refractivity (Wildman–Crippen MR) is 49.6 cm³/mol. The van der Waals surface area contributed by atoms with Crippen molar-refractivity contribution in [1.82, 2.24) is 0 Å². The van der Waals surface area contributed by atoms with Gasteiger partial charge < -0.3 is 10.2 Å². The highest BCUT2D eigenvalue weighted by molar-refractivity contribution is 7.92. The van der Waals surface area contributed by atoms with E-state index in [1.807, 2.05) is 0 Å². The first-order valence-corrected chi connectivity index (χ1v) is 6.08. The zero-order chi connectivity index (χ0) is 11.1. The largest absolute Gasteiger partial charge is 0.479 e. The number of carbonyl (C=O) groups is 1. The second kappa shape index (κ2) is 3.20. The van der Waals surface area contributed by atoms with Crippen molar-refractivity contribution in [2.24, 2.45) is 5.92 Å². The summed E-state index contributed by atoms with van der Waals surface area (Å²) in [6, 6.07) is 0. The summed E-state index contributed by atoms with van der Waals surface area (Å²) in [6.45, 7) is 2.60. The smallest absolute Gasteiger partial charge is 0.335 e. The molecule has 3 atom stereocenters. The normalized spacial score (nSPS) is 35.1. The van der Waals surface area contributed by atoms with Gasteiger partial charge in [0.05, 0.1) is 11.0 Å². The molecule has 5 nitrogen and oxygen atoms in total. The number of carboxylic acids is 1. The summed E-state index contributed by atoms with van der Waals surface area (Å²) >= 11 is 0. The average molecular weight is 222 g/mol. The molecule has 0 aromatic heterocycles. The fraction of sp³-hybridized carbons (Fsp3) is 0.875. The van der Waals surface area contributed by atoms with Crippen molar-refractivity contribution in [2.45, 2.75) is 31.1 Å². The van der Waals surface area contributed by atoms with Crippen molar-refractivity contribution in [3.8, 4) is 0 Å². The number of aliphatic hydroxyl groups is 1. The van der Waals surface area contributed by atoms with Gasteiger partial charge in [0.2, 0.25) is 0 Å². The second-order valence-corrected chi connectivity index (χ2v) is 6.40. The van der Waals surface area contributed by atoms with Gasteiger partial charge in [0.1, 0.15) is 0 Å². The van der Waals surface area contributed by atoms with Crippen LogP contribution in [0.3, 0.4) is 0 Å². The first kappa shape index (κ1) is 11.5. The molecule has 0 aromatic carbocycles. The Balaban J connectivity index is 2.99. The highest BCUT2D eigenvalue weighted by Gasteiger charge is 2.50. The molecule has 82 valence electrons. The molecular formula is C8H14O5S. The third kappa shape index (κ3) is 1.64. The maximum Gasteiger partial charge on any atom is 0.335 e. The van der Waals surface area contributed by atoms with Gasteiger partial charge in [-0.25, -0.2) is 13.2 Å². The molecule has 0 amide bonds. The molecule has 3 unspecified atom stereocenters. The Hall–Kier alpha value is -0.620. The van der Waals surface area contributed by atoms with Gasteiger partial charge in [-0.05, 0) is 20.3 Å². The minimum absolute atomic E-state index is 0.0394. The van der Waals surface area contributed by atoms with Gasteiger partial charge in [0, 0.05) is 5.92 Å². The summed E-state index contributed by atoms with van der Waals surface area (Å²) < 4.78 is 22.7. The third-order valence-electron chi connectivity index (χ3n) is 3.00. The summed E-state index contributed by atoms with van der Waals surface area (Å²) in [6.07, 6.45) is 0.211. The van der Waals surface area contributed by atoms with Gasteiger partial charge in [0.25, 0.3) is 0 Å². The third-order valence-corrected chi connectivity index (χ3v) is 5.27. The maximum absolute atomic E-state index is 11.3. The maximum atomic E-state index is 11.3. The molecule has 0 spiro atoms. The Morgan fingerprint density at radius 3 is 2.29 bits per heavy atom. The molecule has 1 aliphatic rings. The van der Waals surface area contributed by atoms with Crippen LogP contribution in [0, 0.1) is 5.92 Å². The van der Waals surface area contributed by atoms with E-state index in [9.17, 15) is 18.3 Å². The Labute approximate surface area is 82.7 Å². The van der Waals surface area contributed by atoms with E-state index < -0.39 is 32.6 Å². The molecular weight excluding hydrogens is 208 g/mol. The van der Waals surface area contributed by atoms with Crippen molar-refractivity contribution in [1.29, 1.82) is 0 Å². The zero-order valence-electron chi connectivity index (χ0n) is 8.10. The van der Waals surface area contributed by atoms with Crippen LogP contribution in [0.2, 0.25) is 0 Å². The molecule has 1 aliphatic heterocycles. The van der Waals surface area contributed by atoms with Crippen molar-refractivity contribution >= 4 is 15.8 Å². The fourth-order valence-electron chi connectivity index (χ4n) is 1.86. The van der Waals surface area contributed by atoms with Crippen molar-refractivity contribution in [2.75, 3.05) is 5.75 Å². The van der Waals surface area contributed by atoms with Crippen LogP contribution in [-0.4, -0.2) is 41.2 Å². The fourth-order valence-corrected chi connectivity index (χ4v) is 3.71. The lowest BCUT2D eigenvalue weighted by Gasteiger charge is -2.27. The molecule has 1 saturated heterocycles. The van der Waals surface area contributed by atoms with Gasteiger partial charge in [-0.3, -0.25) is 0 Å². The van der Waals surface area contributed by atoms with Crippen molar-refractivity contribution in [3.05, 3.63) is 0 Å². The van der Waals surface area contributed by atoms with Crippen LogP contribution in [-0.2, 0) is 14.6 Å². The standard InChI is InChI=1S/C8H14O5S/c1-5-6(3-4-14(5,12)13)8(2,11)7(9)10/h5-6,11H,3-4H2,1-2H3,(H,9,10). The first-order valence-electron chi connectivity index (χ1n) is 4.37. The van der Waals surface area contributed by atoms with Crippen LogP contribution >= 0.6 is 0 Å². The van der Waals surface area contributed by atoms with Gasteiger partial charge in [-0.2, -0.15) is 0 Å². The van der Waals surface area contributed by atoms with E-state index in [2.05, 4.69) is 0 Å². The van der Waals surface area contributed by atoms with E-state index >= 15 is 0 Å². The Morgan fingerprint density at radius 1 is 1.50 bits per heavy atom. The van der Waals surface area contributed by atoms with E-state index in [-0.39, 0.29) is 12.2 Å². The number of hydrogen-bond acceptors (Lipinski definition) is 4. The SMILES string of the molecule is CC1C(C(C)(O)C(=O)O)CCS1(=O)=O. The van der Waals surface area contributed by atoms with Gasteiger partial charge in [-0.15, -0.1) is 0 Å². The summed E-state index contributed by atoms with van der Waals surface area (Å²) in [5, 5.41) is 17.6. The zero-order valence-corrected chi connectivity index (χ0v) is 8.91. The van der Waals surface area contributed by atoms with E-state index in [4.69, 9.17) is 5.11 Å². The topological polar surface area (TPSA) is 91.7 Å². The molecule has 1 rings (SSSR count). The number of sulfone groups is 1. The van der Waals surface area contributed by atoms with E-state index in [0.717, 1.165) is 6.92 Å². The molecule has 0 aliphatic carbocycles. The van der Waals surface area contributed by atoms with Crippen LogP contribution in [0.4, 0.5) is 0 Å². The average Bonchev–Trinajstić information content (AvgIpc) is 2.27. The monoisotopic (exact) mass is 222 g/mol. The minimum atomic E-state index is -3.21. The quantitative estimate of drug-likeness (QED) is 0.666. The molecule has 0 aromatic rings. The number of carboxylic acid groups (broad SMARTS) is 1. The van der Waals surface area contributed by atoms with Gasteiger partial charge in [0.15, 0.2) is 15.4 Å². The lowest BCUT2D eigenvalue weighted by Crippen LogP contribution is -2.46. The molecule has 2 N–H and O–H groups in total. The number of hydrogen-bond donors (Lipinski definition) is 2. The lowest BCUT2D eigenvalue weighted by molar-refractivity contribution is -0.162. The highest BCUT2D eigenvalue weighted by Crippen LogP contribution is 2.35. The number of rotatable bonds is 2. The van der Waals surface area contributed by atoms with Gasteiger partial charge >= 0.3 is 5.97 Å². The Kier molecular flexibility index (Phi) is 2.62. The summed E-state index contributed by atoms with van der Waals surface area (Å²) in [5.41, 5.74) is -1.96. The molecule has 0 radical (unpaired) electrons. The second-order valence-electron chi connectivity index (χ2n) is 3.92. The predicted octanol–water partition coefficient (Wildman–Crippen LogP) is -0.355. The van der Waals surface area contributed by atoms with E-state index in [0.29, 0.717) is 0 Å². The van der Waals surface area contributed by atoms with Crippen molar-refractivity contribution in [3.63, 3.8) is 0 Å². The molecule has 0 saturated carbocycles. The molecule has 1 heterocycles. The summed E-state index contributed by atoms with van der Waals surface area (Å²) in [4.78, 5) is 10.7. The van der Waals surface area contributed by atoms with Crippen LogP contribution in [0.1, 0.15) is 20.3 Å². The molecule has 6 heteroatoms. The van der Waals surface area contributed by atoms with E-state index in [1.54, 1.807) is 0 Å². The first-order chi connectivity index (χ1) is 6.19. The minimum Gasteiger partial charge on any atom is -0.479 e. The number of aliphatic carboxylic acids is 1. The molecule has 1 fully saturated rings.